The molecule has 0 aromatic carbocycles. The summed E-state index contributed by atoms with van der Waals surface area (Å²) in [6, 6.07) is 0.639. The fourth-order valence-corrected chi connectivity index (χ4v) is 2.45. The highest BCUT2D eigenvalue weighted by molar-refractivity contribution is 5.01. The maximum atomic E-state index is 3.95. The van der Waals surface area contributed by atoms with Crippen molar-refractivity contribution in [1.29, 1.82) is 0 Å². The van der Waals surface area contributed by atoms with Crippen molar-refractivity contribution in [2.24, 2.45) is 5.92 Å². The smallest absolute Gasteiger partial charge is 0.0532 e. The van der Waals surface area contributed by atoms with Gasteiger partial charge in [0.15, 0.2) is 0 Å². The molecule has 2 rings (SSSR count). The van der Waals surface area contributed by atoms with E-state index in [9.17, 15) is 0 Å². The minimum atomic E-state index is 0.639. The van der Waals surface area contributed by atoms with Gasteiger partial charge < -0.3 is 5.32 Å². The maximum absolute atomic E-state index is 3.95. The van der Waals surface area contributed by atoms with Crippen molar-refractivity contribution in [3.8, 4) is 0 Å². The Kier molecular flexibility index (Phi) is 3.78. The Hall–Kier alpha value is -0.830. The van der Waals surface area contributed by atoms with Gasteiger partial charge in [0.2, 0.25) is 0 Å². The molecule has 0 radical (unpaired) electrons. The summed E-state index contributed by atoms with van der Waals surface area (Å²) >= 11 is 0. The number of hydrogen-bond acceptors (Lipinski definition) is 2. The highest BCUT2D eigenvalue weighted by Gasteiger charge is 2.19. The van der Waals surface area contributed by atoms with Crippen molar-refractivity contribution in [1.82, 2.24) is 15.5 Å². The van der Waals surface area contributed by atoms with Crippen LogP contribution in [0.2, 0.25) is 0 Å². The Bertz CT molecular complexity index is 262. The molecule has 1 aliphatic carbocycles. The van der Waals surface area contributed by atoms with Crippen molar-refractivity contribution < 1.29 is 0 Å². The zero-order chi connectivity index (χ0) is 10.5. The average molecular weight is 207 g/mol. The molecule has 1 atom stereocenters. The molecule has 1 aromatic rings. The first-order valence-corrected chi connectivity index (χ1v) is 6.07. The molecule has 3 heteroatoms. The summed E-state index contributed by atoms with van der Waals surface area (Å²) in [7, 11) is 0. The Morgan fingerprint density at radius 2 is 2.27 bits per heavy atom. The number of rotatable bonds is 4. The zero-order valence-electron chi connectivity index (χ0n) is 9.50. The Balaban J connectivity index is 1.74. The van der Waals surface area contributed by atoms with Crippen LogP contribution >= 0.6 is 0 Å². The van der Waals surface area contributed by atoms with E-state index >= 15 is 0 Å². The summed E-state index contributed by atoms with van der Waals surface area (Å²) in [5, 5.41) is 10.4. The van der Waals surface area contributed by atoms with Gasteiger partial charge in [-0.1, -0.05) is 19.3 Å². The van der Waals surface area contributed by atoms with Gasteiger partial charge in [0.05, 0.1) is 6.20 Å². The molecule has 1 unspecified atom stereocenters. The van der Waals surface area contributed by atoms with E-state index in [0.29, 0.717) is 6.04 Å². The third-order valence-electron chi connectivity index (χ3n) is 3.54. The summed E-state index contributed by atoms with van der Waals surface area (Å²) in [6.07, 6.45) is 10.9. The first-order valence-electron chi connectivity index (χ1n) is 6.07. The SMILES string of the molecule is CC(NCc1cn[nH]c1)C1CCCCC1. The van der Waals surface area contributed by atoms with Crippen molar-refractivity contribution >= 4 is 0 Å². The molecule has 1 fully saturated rings. The second kappa shape index (κ2) is 5.31. The highest BCUT2D eigenvalue weighted by Crippen LogP contribution is 2.26. The van der Waals surface area contributed by atoms with Crippen LogP contribution < -0.4 is 5.32 Å². The summed E-state index contributed by atoms with van der Waals surface area (Å²) in [6.45, 7) is 3.25. The van der Waals surface area contributed by atoms with Gasteiger partial charge in [0, 0.05) is 24.3 Å². The van der Waals surface area contributed by atoms with Crippen LogP contribution in [0.4, 0.5) is 0 Å². The molecule has 15 heavy (non-hydrogen) atoms. The maximum Gasteiger partial charge on any atom is 0.0532 e. The predicted octanol–water partition coefficient (Wildman–Crippen LogP) is 2.47. The van der Waals surface area contributed by atoms with Gasteiger partial charge in [-0.15, -0.1) is 0 Å². The van der Waals surface area contributed by atoms with Crippen LogP contribution in [0.3, 0.4) is 0 Å². The fraction of sp³-hybridized carbons (Fsp3) is 0.750. The van der Waals surface area contributed by atoms with E-state index in [-0.39, 0.29) is 0 Å². The molecule has 0 amide bonds. The van der Waals surface area contributed by atoms with Gasteiger partial charge in [-0.2, -0.15) is 5.10 Å². The lowest BCUT2D eigenvalue weighted by atomic mass is 9.84. The molecule has 1 heterocycles. The van der Waals surface area contributed by atoms with Gasteiger partial charge in [-0.3, -0.25) is 5.10 Å². The Labute approximate surface area is 91.7 Å². The normalized spacial score (nSPS) is 20.3. The Morgan fingerprint density at radius 3 is 2.93 bits per heavy atom. The summed E-state index contributed by atoms with van der Waals surface area (Å²) in [5.74, 6) is 0.880. The monoisotopic (exact) mass is 207 g/mol. The molecule has 0 saturated heterocycles. The number of nitrogens with zero attached hydrogens (tertiary/aromatic N) is 1. The lowest BCUT2D eigenvalue weighted by Gasteiger charge is -2.28. The molecule has 0 spiro atoms. The lowest BCUT2D eigenvalue weighted by molar-refractivity contribution is 0.280. The molecule has 3 nitrogen and oxygen atoms in total. The molecule has 1 aliphatic rings. The molecule has 0 aliphatic heterocycles. The van der Waals surface area contributed by atoms with Crippen LogP contribution in [-0.4, -0.2) is 16.2 Å². The molecular formula is C12H21N3. The average Bonchev–Trinajstić information content (AvgIpc) is 2.80. The molecule has 1 saturated carbocycles. The van der Waals surface area contributed by atoms with Crippen LogP contribution in [0, 0.1) is 5.92 Å². The van der Waals surface area contributed by atoms with E-state index in [1.165, 1.54) is 37.7 Å². The largest absolute Gasteiger partial charge is 0.310 e. The predicted molar refractivity (Wildman–Crippen MR) is 61.5 cm³/mol. The summed E-state index contributed by atoms with van der Waals surface area (Å²) < 4.78 is 0. The standard InChI is InChI=1S/C12H21N3/c1-10(12-5-3-2-4-6-12)13-7-11-8-14-15-9-11/h8-10,12-13H,2-7H2,1H3,(H,14,15). The number of aromatic nitrogens is 2. The summed E-state index contributed by atoms with van der Waals surface area (Å²) in [5.41, 5.74) is 1.25. The Morgan fingerprint density at radius 1 is 1.47 bits per heavy atom. The molecule has 0 bridgehead atoms. The highest BCUT2D eigenvalue weighted by atomic mass is 15.1. The van der Waals surface area contributed by atoms with Crippen molar-refractivity contribution in [3.05, 3.63) is 18.0 Å². The van der Waals surface area contributed by atoms with Crippen LogP contribution in [-0.2, 0) is 6.54 Å². The van der Waals surface area contributed by atoms with Crippen molar-refractivity contribution in [3.63, 3.8) is 0 Å². The molecule has 1 aromatic heterocycles. The van der Waals surface area contributed by atoms with Crippen molar-refractivity contribution in [2.75, 3.05) is 0 Å². The van der Waals surface area contributed by atoms with E-state index in [1.54, 1.807) is 0 Å². The van der Waals surface area contributed by atoms with E-state index in [4.69, 9.17) is 0 Å². The van der Waals surface area contributed by atoms with E-state index < -0.39 is 0 Å². The molecule has 84 valence electrons. The van der Waals surface area contributed by atoms with E-state index in [2.05, 4.69) is 22.4 Å². The second-order valence-electron chi connectivity index (χ2n) is 4.67. The summed E-state index contributed by atoms with van der Waals surface area (Å²) in [4.78, 5) is 0. The van der Waals surface area contributed by atoms with E-state index in [0.717, 1.165) is 12.5 Å². The lowest BCUT2D eigenvalue weighted by Crippen LogP contribution is -2.34. The third-order valence-corrected chi connectivity index (χ3v) is 3.54. The first kappa shape index (κ1) is 10.7. The van der Waals surface area contributed by atoms with Crippen LogP contribution in [0.1, 0.15) is 44.6 Å². The first-order chi connectivity index (χ1) is 7.36. The van der Waals surface area contributed by atoms with Gasteiger partial charge in [0.1, 0.15) is 0 Å². The van der Waals surface area contributed by atoms with Crippen LogP contribution in [0.5, 0.6) is 0 Å². The van der Waals surface area contributed by atoms with E-state index in [1.807, 2.05) is 12.4 Å². The number of hydrogen-bond donors (Lipinski definition) is 2. The number of H-pyrrole nitrogens is 1. The van der Waals surface area contributed by atoms with Gasteiger partial charge in [-0.25, -0.2) is 0 Å². The fourth-order valence-electron chi connectivity index (χ4n) is 2.45. The van der Waals surface area contributed by atoms with Gasteiger partial charge in [0.25, 0.3) is 0 Å². The minimum Gasteiger partial charge on any atom is -0.310 e. The zero-order valence-corrected chi connectivity index (χ0v) is 9.50. The van der Waals surface area contributed by atoms with Crippen LogP contribution in [0.25, 0.3) is 0 Å². The minimum absolute atomic E-state index is 0.639. The van der Waals surface area contributed by atoms with Crippen LogP contribution in [0.15, 0.2) is 12.4 Å². The molecular weight excluding hydrogens is 186 g/mol. The quantitative estimate of drug-likeness (QED) is 0.796. The van der Waals surface area contributed by atoms with Gasteiger partial charge in [-0.05, 0) is 25.7 Å². The third kappa shape index (κ3) is 3.06. The topological polar surface area (TPSA) is 40.7 Å². The number of aromatic amines is 1. The molecule has 2 N–H and O–H groups in total. The van der Waals surface area contributed by atoms with Gasteiger partial charge >= 0.3 is 0 Å². The number of nitrogens with one attached hydrogen (secondary N) is 2. The van der Waals surface area contributed by atoms with Crippen molar-refractivity contribution in [2.45, 2.75) is 51.6 Å². The second-order valence-corrected chi connectivity index (χ2v) is 4.67.